The van der Waals surface area contributed by atoms with Gasteiger partial charge < -0.3 is 14.4 Å². The van der Waals surface area contributed by atoms with Gasteiger partial charge in [-0.15, -0.1) is 0 Å². The van der Waals surface area contributed by atoms with Crippen LogP contribution >= 0.6 is 0 Å². The SMILES string of the molecule is O=C(c1ccccc1)N1CCC2(CC1)COC(COc1ccccn1)C2. The summed E-state index contributed by atoms with van der Waals surface area (Å²) >= 11 is 0. The van der Waals surface area contributed by atoms with E-state index in [0.29, 0.717) is 12.5 Å². The van der Waals surface area contributed by atoms with E-state index in [-0.39, 0.29) is 17.4 Å². The van der Waals surface area contributed by atoms with Crippen LogP contribution in [0.25, 0.3) is 0 Å². The second kappa shape index (κ2) is 7.46. The monoisotopic (exact) mass is 352 g/mol. The van der Waals surface area contributed by atoms with Crippen LogP contribution in [0.4, 0.5) is 0 Å². The van der Waals surface area contributed by atoms with Crippen LogP contribution in [0.3, 0.4) is 0 Å². The Kier molecular flexibility index (Phi) is 4.89. The van der Waals surface area contributed by atoms with Crippen molar-refractivity contribution >= 4 is 5.91 Å². The number of benzene rings is 1. The summed E-state index contributed by atoms with van der Waals surface area (Å²) in [5.41, 5.74) is 0.957. The predicted molar refractivity (Wildman–Crippen MR) is 98.1 cm³/mol. The van der Waals surface area contributed by atoms with E-state index in [1.165, 1.54) is 0 Å². The molecule has 5 nitrogen and oxygen atoms in total. The summed E-state index contributed by atoms with van der Waals surface area (Å²) in [5, 5.41) is 0. The molecule has 1 amide bonds. The fraction of sp³-hybridized carbons (Fsp3) is 0.429. The standard InChI is InChI=1S/C21H24N2O3/c24-20(17-6-2-1-3-7-17)23-12-9-21(10-13-23)14-18(26-16-21)15-25-19-8-4-5-11-22-19/h1-8,11,18H,9-10,12-16H2. The van der Waals surface area contributed by atoms with E-state index in [2.05, 4.69) is 4.98 Å². The van der Waals surface area contributed by atoms with E-state index >= 15 is 0 Å². The molecule has 0 saturated carbocycles. The molecule has 2 aromatic rings. The quantitative estimate of drug-likeness (QED) is 0.848. The molecule has 26 heavy (non-hydrogen) atoms. The van der Waals surface area contributed by atoms with Crippen LogP contribution < -0.4 is 4.74 Å². The van der Waals surface area contributed by atoms with Crippen molar-refractivity contribution in [2.24, 2.45) is 5.41 Å². The first-order chi connectivity index (χ1) is 12.7. The summed E-state index contributed by atoms with van der Waals surface area (Å²) < 4.78 is 11.7. The molecule has 1 unspecified atom stereocenters. The molecule has 2 aliphatic rings. The van der Waals surface area contributed by atoms with E-state index in [4.69, 9.17) is 9.47 Å². The largest absolute Gasteiger partial charge is 0.475 e. The third kappa shape index (κ3) is 3.73. The van der Waals surface area contributed by atoms with Crippen molar-refractivity contribution in [3.05, 3.63) is 60.3 Å². The molecule has 5 heteroatoms. The van der Waals surface area contributed by atoms with Gasteiger partial charge in [0.15, 0.2) is 0 Å². The fourth-order valence-corrected chi connectivity index (χ4v) is 3.91. The molecule has 0 N–H and O–H groups in total. The van der Waals surface area contributed by atoms with Gasteiger partial charge in [-0.05, 0) is 42.9 Å². The first-order valence-corrected chi connectivity index (χ1v) is 9.24. The number of hydrogen-bond acceptors (Lipinski definition) is 4. The molecule has 0 aliphatic carbocycles. The number of rotatable bonds is 4. The minimum atomic E-state index is 0.105. The Morgan fingerprint density at radius 2 is 1.92 bits per heavy atom. The van der Waals surface area contributed by atoms with Crippen LogP contribution in [0.1, 0.15) is 29.6 Å². The Bertz CT molecular complexity index is 727. The number of likely N-dealkylation sites (tertiary alicyclic amines) is 1. The van der Waals surface area contributed by atoms with Gasteiger partial charge in [-0.1, -0.05) is 24.3 Å². The topological polar surface area (TPSA) is 51.7 Å². The summed E-state index contributed by atoms with van der Waals surface area (Å²) in [6, 6.07) is 15.2. The number of carbonyl (C=O) groups excluding carboxylic acids is 1. The molecular weight excluding hydrogens is 328 g/mol. The number of amides is 1. The molecule has 136 valence electrons. The second-order valence-corrected chi connectivity index (χ2v) is 7.27. The van der Waals surface area contributed by atoms with Crippen LogP contribution in [0.5, 0.6) is 5.88 Å². The van der Waals surface area contributed by atoms with Crippen LogP contribution in [0.15, 0.2) is 54.7 Å². The fourth-order valence-electron chi connectivity index (χ4n) is 3.91. The number of ether oxygens (including phenoxy) is 2. The van der Waals surface area contributed by atoms with Crippen LogP contribution in [-0.4, -0.2) is 48.2 Å². The Morgan fingerprint density at radius 3 is 2.65 bits per heavy atom. The van der Waals surface area contributed by atoms with Crippen molar-refractivity contribution in [3.63, 3.8) is 0 Å². The van der Waals surface area contributed by atoms with Gasteiger partial charge in [-0.2, -0.15) is 0 Å². The van der Waals surface area contributed by atoms with Crippen molar-refractivity contribution in [2.75, 3.05) is 26.3 Å². The van der Waals surface area contributed by atoms with Gasteiger partial charge in [0.1, 0.15) is 6.61 Å². The lowest BCUT2D eigenvalue weighted by atomic mass is 9.76. The van der Waals surface area contributed by atoms with Crippen LogP contribution in [0, 0.1) is 5.41 Å². The van der Waals surface area contributed by atoms with Gasteiger partial charge in [0.25, 0.3) is 5.91 Å². The third-order valence-electron chi connectivity index (χ3n) is 5.47. The molecule has 1 spiro atoms. The molecule has 2 saturated heterocycles. The average Bonchev–Trinajstić information content (AvgIpc) is 3.10. The molecular formula is C21H24N2O3. The first kappa shape index (κ1) is 17.0. The highest BCUT2D eigenvalue weighted by molar-refractivity contribution is 5.94. The van der Waals surface area contributed by atoms with Gasteiger partial charge >= 0.3 is 0 Å². The number of aromatic nitrogens is 1. The molecule has 0 bridgehead atoms. The molecule has 0 radical (unpaired) electrons. The van der Waals surface area contributed by atoms with Crippen molar-refractivity contribution < 1.29 is 14.3 Å². The lowest BCUT2D eigenvalue weighted by Crippen LogP contribution is -2.43. The number of piperidine rings is 1. The molecule has 3 heterocycles. The minimum Gasteiger partial charge on any atom is -0.475 e. The molecule has 1 aromatic carbocycles. The summed E-state index contributed by atoms with van der Waals surface area (Å²) in [7, 11) is 0. The highest BCUT2D eigenvalue weighted by Gasteiger charge is 2.43. The normalized spacial score (nSPS) is 21.7. The molecule has 4 rings (SSSR count). The Hall–Kier alpha value is -2.40. The number of carbonyl (C=O) groups is 1. The van der Waals surface area contributed by atoms with Gasteiger partial charge in [0.2, 0.25) is 5.88 Å². The van der Waals surface area contributed by atoms with E-state index < -0.39 is 0 Å². The first-order valence-electron chi connectivity index (χ1n) is 9.24. The summed E-state index contributed by atoms with van der Waals surface area (Å²) in [6.07, 6.45) is 4.81. The Labute approximate surface area is 153 Å². The number of hydrogen-bond donors (Lipinski definition) is 0. The Morgan fingerprint density at radius 1 is 1.15 bits per heavy atom. The zero-order valence-electron chi connectivity index (χ0n) is 14.8. The molecule has 2 fully saturated rings. The van der Waals surface area contributed by atoms with Gasteiger partial charge in [0, 0.05) is 30.9 Å². The van der Waals surface area contributed by atoms with Gasteiger partial charge in [0.05, 0.1) is 12.7 Å². The predicted octanol–water partition coefficient (Wildman–Crippen LogP) is 3.17. The maximum atomic E-state index is 12.6. The van der Waals surface area contributed by atoms with Gasteiger partial charge in [-0.25, -0.2) is 4.98 Å². The van der Waals surface area contributed by atoms with Crippen molar-refractivity contribution in [3.8, 4) is 5.88 Å². The number of pyridine rings is 1. The van der Waals surface area contributed by atoms with E-state index in [9.17, 15) is 4.79 Å². The van der Waals surface area contributed by atoms with Crippen molar-refractivity contribution in [1.82, 2.24) is 9.88 Å². The summed E-state index contributed by atoms with van der Waals surface area (Å²) in [6.45, 7) is 2.89. The van der Waals surface area contributed by atoms with Gasteiger partial charge in [-0.3, -0.25) is 4.79 Å². The third-order valence-corrected chi connectivity index (χ3v) is 5.47. The van der Waals surface area contributed by atoms with Crippen molar-refractivity contribution in [1.29, 1.82) is 0 Å². The smallest absolute Gasteiger partial charge is 0.253 e. The maximum Gasteiger partial charge on any atom is 0.253 e. The average molecular weight is 352 g/mol. The van der Waals surface area contributed by atoms with Crippen molar-refractivity contribution in [2.45, 2.75) is 25.4 Å². The van der Waals surface area contributed by atoms with E-state index in [1.54, 1.807) is 6.20 Å². The summed E-state index contributed by atoms with van der Waals surface area (Å²) in [5.74, 6) is 0.773. The molecule has 1 aromatic heterocycles. The van der Waals surface area contributed by atoms with Crippen LogP contribution in [-0.2, 0) is 4.74 Å². The number of nitrogens with zero attached hydrogens (tertiary/aromatic N) is 2. The Balaban J connectivity index is 1.28. The lowest BCUT2D eigenvalue weighted by Gasteiger charge is -2.38. The minimum absolute atomic E-state index is 0.105. The zero-order chi connectivity index (χ0) is 17.8. The summed E-state index contributed by atoms with van der Waals surface area (Å²) in [4.78, 5) is 18.7. The highest BCUT2D eigenvalue weighted by Crippen LogP contribution is 2.42. The van der Waals surface area contributed by atoms with E-state index in [1.807, 2.05) is 53.4 Å². The zero-order valence-corrected chi connectivity index (χ0v) is 14.8. The van der Waals surface area contributed by atoms with E-state index in [0.717, 1.165) is 44.5 Å². The molecule has 1 atom stereocenters. The lowest BCUT2D eigenvalue weighted by molar-refractivity contribution is 0.0423. The second-order valence-electron chi connectivity index (χ2n) is 7.27. The maximum absolute atomic E-state index is 12.6. The van der Waals surface area contributed by atoms with Crippen LogP contribution in [0.2, 0.25) is 0 Å². The molecule has 2 aliphatic heterocycles. The highest BCUT2D eigenvalue weighted by atomic mass is 16.5.